The van der Waals surface area contributed by atoms with Gasteiger partial charge in [0.05, 0.1) is 31.0 Å². The van der Waals surface area contributed by atoms with Gasteiger partial charge in [-0.2, -0.15) is 0 Å². The van der Waals surface area contributed by atoms with E-state index in [0.29, 0.717) is 36.2 Å². The van der Waals surface area contributed by atoms with Crippen molar-refractivity contribution in [2.45, 2.75) is 6.92 Å². The Bertz CT molecular complexity index is 825. The van der Waals surface area contributed by atoms with Crippen LogP contribution in [0.5, 0.6) is 0 Å². The molecule has 2 aliphatic heterocycles. The van der Waals surface area contributed by atoms with Gasteiger partial charge in [-0.25, -0.2) is 9.99 Å². The summed E-state index contributed by atoms with van der Waals surface area (Å²) >= 11 is 1.52. The van der Waals surface area contributed by atoms with Crippen molar-refractivity contribution in [2.24, 2.45) is 0 Å². The fourth-order valence-electron chi connectivity index (χ4n) is 3.19. The van der Waals surface area contributed by atoms with Gasteiger partial charge in [0.2, 0.25) is 0 Å². The molecule has 0 unspecified atom stereocenters. The molecule has 1 fully saturated rings. The van der Waals surface area contributed by atoms with Crippen LogP contribution >= 0.6 is 11.3 Å². The number of thiazole rings is 1. The van der Waals surface area contributed by atoms with E-state index >= 15 is 0 Å². The molecule has 0 aliphatic carbocycles. The summed E-state index contributed by atoms with van der Waals surface area (Å²) in [5, 5.41) is 23.6. The summed E-state index contributed by atoms with van der Waals surface area (Å²) in [5.74, 6) is 0.526. The monoisotopic (exact) mass is 356 g/mol. The second kappa shape index (κ2) is 6.59. The van der Waals surface area contributed by atoms with Crippen LogP contribution in [0.25, 0.3) is 16.8 Å². The molecule has 7 heteroatoms. The molecule has 0 amide bonds. The maximum Gasteiger partial charge on any atom is 0.149 e. The van der Waals surface area contributed by atoms with Gasteiger partial charge >= 0.3 is 0 Å². The molecule has 0 saturated carbocycles. The maximum absolute atomic E-state index is 10.5. The third kappa shape index (κ3) is 2.95. The lowest BCUT2D eigenvalue weighted by molar-refractivity contribution is -0.0465. The lowest BCUT2D eigenvalue weighted by Gasteiger charge is -2.35. The van der Waals surface area contributed by atoms with E-state index < -0.39 is 0 Å². The van der Waals surface area contributed by atoms with Gasteiger partial charge in [0.1, 0.15) is 16.6 Å². The van der Waals surface area contributed by atoms with E-state index in [9.17, 15) is 5.11 Å². The average molecular weight is 356 g/mol. The molecule has 130 valence electrons. The molecule has 0 radical (unpaired) electrons. The second-order valence-electron chi connectivity index (χ2n) is 6.08. The highest BCUT2D eigenvalue weighted by Crippen LogP contribution is 2.35. The first-order valence-corrected chi connectivity index (χ1v) is 9.11. The SMILES string of the molecule is Cc1sc(C2=C(O)CN(N3CCOCC3)C2=N)nc1-c1ccccc1. The second-order valence-corrected chi connectivity index (χ2v) is 7.29. The van der Waals surface area contributed by atoms with Crippen LogP contribution in [0.1, 0.15) is 9.88 Å². The number of rotatable bonds is 3. The Kier molecular flexibility index (Phi) is 4.29. The van der Waals surface area contributed by atoms with Gasteiger partial charge in [0, 0.05) is 23.5 Å². The lowest BCUT2D eigenvalue weighted by atomic mass is 10.1. The number of aromatic nitrogens is 1. The molecule has 1 saturated heterocycles. The summed E-state index contributed by atoms with van der Waals surface area (Å²) in [6.45, 7) is 5.11. The van der Waals surface area contributed by atoms with E-state index in [-0.39, 0.29) is 5.76 Å². The largest absolute Gasteiger partial charge is 0.509 e. The summed E-state index contributed by atoms with van der Waals surface area (Å²) in [6, 6.07) is 10.0. The summed E-state index contributed by atoms with van der Waals surface area (Å²) < 4.78 is 5.38. The van der Waals surface area contributed by atoms with E-state index in [1.54, 1.807) is 0 Å². The van der Waals surface area contributed by atoms with Crippen molar-refractivity contribution in [3.63, 3.8) is 0 Å². The summed E-state index contributed by atoms with van der Waals surface area (Å²) in [4.78, 5) is 5.81. The first-order chi connectivity index (χ1) is 12.1. The molecular weight excluding hydrogens is 336 g/mol. The number of ether oxygens (including phenoxy) is 1. The molecule has 0 spiro atoms. The fourth-order valence-corrected chi connectivity index (χ4v) is 4.20. The summed E-state index contributed by atoms with van der Waals surface area (Å²) in [7, 11) is 0. The van der Waals surface area contributed by atoms with Gasteiger partial charge in [-0.3, -0.25) is 10.4 Å². The van der Waals surface area contributed by atoms with Crippen molar-refractivity contribution in [3.8, 4) is 11.3 Å². The van der Waals surface area contributed by atoms with Gasteiger partial charge in [-0.05, 0) is 6.92 Å². The zero-order valence-corrected chi connectivity index (χ0v) is 14.8. The standard InChI is InChI=1S/C18H20N4O2S/c1-12-16(13-5-3-2-4-6-13)20-18(25-12)15-14(23)11-22(17(15)19)21-7-9-24-10-8-21/h2-6,19,23H,7-11H2,1H3. The molecule has 2 N–H and O–H groups in total. The molecule has 1 aromatic heterocycles. The zero-order chi connectivity index (χ0) is 17.4. The molecule has 2 aromatic rings. The first-order valence-electron chi connectivity index (χ1n) is 8.29. The molecular formula is C18H20N4O2S. The number of nitrogens with one attached hydrogen (secondary N) is 1. The van der Waals surface area contributed by atoms with Crippen LogP contribution in [0, 0.1) is 12.3 Å². The summed E-state index contributed by atoms with van der Waals surface area (Å²) in [5.41, 5.74) is 2.51. The molecule has 0 bridgehead atoms. The minimum absolute atomic E-state index is 0.213. The smallest absolute Gasteiger partial charge is 0.149 e. The van der Waals surface area contributed by atoms with Crippen molar-refractivity contribution in [1.29, 1.82) is 5.41 Å². The van der Waals surface area contributed by atoms with E-state index in [0.717, 1.165) is 29.2 Å². The highest BCUT2D eigenvalue weighted by atomic mass is 32.1. The molecule has 0 atom stereocenters. The molecule has 1 aromatic carbocycles. The number of amidine groups is 1. The number of hydrogen-bond donors (Lipinski definition) is 2. The molecule has 2 aliphatic rings. The normalized spacial score (nSPS) is 19.1. The Hall–Kier alpha value is -2.22. The average Bonchev–Trinajstić information content (AvgIpc) is 3.16. The van der Waals surface area contributed by atoms with Crippen molar-refractivity contribution >= 4 is 22.7 Å². The van der Waals surface area contributed by atoms with E-state index in [1.807, 2.05) is 42.3 Å². The van der Waals surface area contributed by atoms with Gasteiger partial charge < -0.3 is 9.84 Å². The number of aliphatic hydroxyl groups excluding tert-OH is 1. The topological polar surface area (TPSA) is 72.7 Å². The quantitative estimate of drug-likeness (QED) is 0.885. The first kappa shape index (κ1) is 16.3. The third-order valence-electron chi connectivity index (χ3n) is 4.47. The number of nitrogens with zero attached hydrogens (tertiary/aromatic N) is 3. The van der Waals surface area contributed by atoms with Crippen LogP contribution in [-0.2, 0) is 4.74 Å². The van der Waals surface area contributed by atoms with Gasteiger partial charge in [0.25, 0.3) is 0 Å². The van der Waals surface area contributed by atoms with E-state index in [4.69, 9.17) is 15.1 Å². The Morgan fingerprint density at radius 2 is 1.92 bits per heavy atom. The third-order valence-corrected chi connectivity index (χ3v) is 5.46. The Balaban J connectivity index is 1.63. The Morgan fingerprint density at radius 3 is 2.64 bits per heavy atom. The van der Waals surface area contributed by atoms with E-state index in [1.165, 1.54) is 11.3 Å². The lowest BCUT2D eigenvalue weighted by Crippen LogP contribution is -2.49. The van der Waals surface area contributed by atoms with Crippen LogP contribution in [-0.4, -0.2) is 58.8 Å². The number of aryl methyl sites for hydroxylation is 1. The zero-order valence-electron chi connectivity index (χ0n) is 14.0. The van der Waals surface area contributed by atoms with Crippen molar-refractivity contribution in [1.82, 2.24) is 15.0 Å². The summed E-state index contributed by atoms with van der Waals surface area (Å²) in [6.07, 6.45) is 0. The van der Waals surface area contributed by atoms with Crippen LogP contribution in [0.4, 0.5) is 0 Å². The predicted octanol–water partition coefficient (Wildman–Crippen LogP) is 2.93. The maximum atomic E-state index is 10.5. The minimum Gasteiger partial charge on any atom is -0.509 e. The number of morpholine rings is 1. The van der Waals surface area contributed by atoms with Gasteiger partial charge in [-0.15, -0.1) is 11.3 Å². The van der Waals surface area contributed by atoms with Gasteiger partial charge in [0.15, 0.2) is 0 Å². The van der Waals surface area contributed by atoms with Crippen molar-refractivity contribution in [2.75, 3.05) is 32.8 Å². The molecule has 6 nitrogen and oxygen atoms in total. The van der Waals surface area contributed by atoms with Crippen LogP contribution in [0.3, 0.4) is 0 Å². The number of aliphatic hydroxyl groups is 1. The molecule has 4 rings (SSSR count). The highest BCUT2D eigenvalue weighted by Gasteiger charge is 2.34. The fraction of sp³-hybridized carbons (Fsp3) is 0.333. The van der Waals surface area contributed by atoms with Crippen molar-refractivity contribution in [3.05, 3.63) is 46.0 Å². The van der Waals surface area contributed by atoms with Crippen LogP contribution in [0.2, 0.25) is 0 Å². The van der Waals surface area contributed by atoms with Crippen LogP contribution < -0.4 is 0 Å². The van der Waals surface area contributed by atoms with Crippen LogP contribution in [0.15, 0.2) is 36.1 Å². The highest BCUT2D eigenvalue weighted by molar-refractivity contribution is 7.13. The number of hydrogen-bond acceptors (Lipinski definition) is 6. The molecule has 25 heavy (non-hydrogen) atoms. The molecule has 3 heterocycles. The van der Waals surface area contributed by atoms with E-state index in [2.05, 4.69) is 5.01 Å². The predicted molar refractivity (Wildman–Crippen MR) is 98.7 cm³/mol. The minimum atomic E-state index is 0.213. The number of benzene rings is 1. The van der Waals surface area contributed by atoms with Gasteiger partial charge in [-0.1, -0.05) is 30.3 Å². The Labute approximate surface area is 150 Å². The number of hydrazine groups is 1. The Morgan fingerprint density at radius 1 is 1.20 bits per heavy atom. The van der Waals surface area contributed by atoms with Crippen molar-refractivity contribution < 1.29 is 9.84 Å².